The van der Waals surface area contributed by atoms with E-state index in [1.165, 1.54) is 5.56 Å². The van der Waals surface area contributed by atoms with Gasteiger partial charge in [0.1, 0.15) is 5.82 Å². The maximum Gasteiger partial charge on any atom is 0.139 e. The van der Waals surface area contributed by atoms with Crippen LogP contribution in [-0.4, -0.2) is 9.97 Å². The van der Waals surface area contributed by atoms with Crippen molar-refractivity contribution in [2.45, 2.75) is 13.3 Å². The lowest BCUT2D eigenvalue weighted by Crippen LogP contribution is -1.82. The van der Waals surface area contributed by atoms with Crippen LogP contribution in [0.15, 0.2) is 40.9 Å². The summed E-state index contributed by atoms with van der Waals surface area (Å²) in [4.78, 5) is 7.98. The summed E-state index contributed by atoms with van der Waals surface area (Å²) in [7, 11) is 0. The Kier molecular flexibility index (Phi) is 3.33. The van der Waals surface area contributed by atoms with Crippen LogP contribution in [-0.2, 0) is 6.42 Å². The molecule has 0 unspecified atom stereocenters. The predicted molar refractivity (Wildman–Crippen MR) is 83.6 cm³/mol. The summed E-state index contributed by atoms with van der Waals surface area (Å²) in [6.07, 6.45) is 1.02. The number of H-pyrrole nitrogens is 1. The number of nitrogens with one attached hydrogen (secondary N) is 1. The van der Waals surface area contributed by atoms with E-state index in [9.17, 15) is 0 Å². The second-order valence-corrected chi connectivity index (χ2v) is 5.71. The second-order valence-electron chi connectivity index (χ2n) is 4.41. The second kappa shape index (κ2) is 4.99. The maximum atomic E-state index is 5.96. The smallest absolute Gasteiger partial charge is 0.139 e. The monoisotopic (exact) mass is 334 g/mol. The molecule has 3 rings (SSSR count). The summed E-state index contributed by atoms with van der Waals surface area (Å²) < 4.78 is 0.940. The Bertz CT molecular complexity index is 749. The van der Waals surface area contributed by atoms with Crippen LogP contribution in [0.3, 0.4) is 0 Å². The number of hydrogen-bond acceptors (Lipinski definition) is 1. The van der Waals surface area contributed by atoms with Crippen molar-refractivity contribution in [2.75, 3.05) is 0 Å². The molecule has 0 saturated heterocycles. The number of nitrogens with zero attached hydrogens (tertiary/aromatic N) is 1. The SMILES string of the molecule is CCc1ccc2nc(-c3ccc(Cl)cc3Br)[nH]c2c1. The van der Waals surface area contributed by atoms with Crippen molar-refractivity contribution < 1.29 is 0 Å². The number of rotatable bonds is 2. The van der Waals surface area contributed by atoms with Crippen molar-refractivity contribution in [1.82, 2.24) is 9.97 Å². The largest absolute Gasteiger partial charge is 0.338 e. The van der Waals surface area contributed by atoms with E-state index in [2.05, 4.69) is 51.0 Å². The minimum absolute atomic E-state index is 0.708. The Morgan fingerprint density at radius 3 is 2.79 bits per heavy atom. The van der Waals surface area contributed by atoms with Crippen LogP contribution in [0.5, 0.6) is 0 Å². The fraction of sp³-hybridized carbons (Fsp3) is 0.133. The van der Waals surface area contributed by atoms with E-state index in [0.717, 1.165) is 33.3 Å². The lowest BCUT2D eigenvalue weighted by Gasteiger charge is -2.00. The molecule has 0 spiro atoms. The molecule has 0 saturated carbocycles. The van der Waals surface area contributed by atoms with Gasteiger partial charge < -0.3 is 4.98 Å². The summed E-state index contributed by atoms with van der Waals surface area (Å²) >= 11 is 9.49. The zero-order valence-corrected chi connectivity index (χ0v) is 12.7. The fourth-order valence-corrected chi connectivity index (χ4v) is 2.96. The number of imidazole rings is 1. The third-order valence-corrected chi connectivity index (χ3v) is 4.03. The lowest BCUT2D eigenvalue weighted by atomic mass is 10.1. The highest BCUT2D eigenvalue weighted by Gasteiger charge is 2.09. The molecular weight excluding hydrogens is 324 g/mol. The molecule has 0 bridgehead atoms. The molecule has 0 aliphatic rings. The number of aromatic nitrogens is 2. The van der Waals surface area contributed by atoms with Gasteiger partial charge >= 0.3 is 0 Å². The van der Waals surface area contributed by atoms with Crippen LogP contribution in [0.2, 0.25) is 5.02 Å². The number of hydrogen-bond donors (Lipinski definition) is 1. The van der Waals surface area contributed by atoms with E-state index < -0.39 is 0 Å². The van der Waals surface area contributed by atoms with Gasteiger partial charge in [0.05, 0.1) is 11.0 Å². The summed E-state index contributed by atoms with van der Waals surface area (Å²) in [6.45, 7) is 2.15. The molecule has 96 valence electrons. The van der Waals surface area contributed by atoms with Crippen molar-refractivity contribution in [3.05, 3.63) is 51.5 Å². The van der Waals surface area contributed by atoms with Gasteiger partial charge in [0.2, 0.25) is 0 Å². The summed E-state index contributed by atoms with van der Waals surface area (Å²) in [5, 5.41) is 0.708. The van der Waals surface area contributed by atoms with Crippen LogP contribution in [0.1, 0.15) is 12.5 Å². The van der Waals surface area contributed by atoms with E-state index >= 15 is 0 Å². The molecule has 0 atom stereocenters. The molecule has 4 heteroatoms. The van der Waals surface area contributed by atoms with Crippen LogP contribution >= 0.6 is 27.5 Å². The van der Waals surface area contributed by atoms with Crippen LogP contribution in [0.4, 0.5) is 0 Å². The highest BCUT2D eigenvalue weighted by molar-refractivity contribution is 9.10. The van der Waals surface area contributed by atoms with Crippen molar-refractivity contribution in [3.8, 4) is 11.4 Å². The zero-order valence-electron chi connectivity index (χ0n) is 10.4. The first-order valence-electron chi connectivity index (χ1n) is 6.11. The van der Waals surface area contributed by atoms with Gasteiger partial charge in [-0.1, -0.05) is 24.6 Å². The summed E-state index contributed by atoms with van der Waals surface area (Å²) in [6, 6.07) is 12.0. The molecule has 1 heterocycles. The van der Waals surface area contributed by atoms with Gasteiger partial charge in [0.25, 0.3) is 0 Å². The molecule has 19 heavy (non-hydrogen) atoms. The van der Waals surface area contributed by atoms with Crippen LogP contribution in [0.25, 0.3) is 22.4 Å². The number of aromatic amines is 1. The lowest BCUT2D eigenvalue weighted by molar-refractivity contribution is 1.14. The van der Waals surface area contributed by atoms with E-state index in [1.54, 1.807) is 0 Å². The average Bonchev–Trinajstić information content (AvgIpc) is 2.80. The maximum absolute atomic E-state index is 5.96. The van der Waals surface area contributed by atoms with Gasteiger partial charge in [-0.3, -0.25) is 0 Å². The Balaban J connectivity index is 2.14. The normalized spacial score (nSPS) is 11.1. The molecule has 0 fully saturated rings. The minimum atomic E-state index is 0.708. The molecular formula is C15H12BrClN2. The molecule has 1 aromatic heterocycles. The van der Waals surface area contributed by atoms with Crippen LogP contribution < -0.4 is 0 Å². The number of aryl methyl sites for hydroxylation is 1. The van der Waals surface area contributed by atoms with E-state index in [-0.39, 0.29) is 0 Å². The molecule has 0 aliphatic carbocycles. The third kappa shape index (κ3) is 2.40. The van der Waals surface area contributed by atoms with Gasteiger partial charge in [-0.2, -0.15) is 0 Å². The average molecular weight is 336 g/mol. The van der Waals surface area contributed by atoms with Gasteiger partial charge in [0, 0.05) is 15.1 Å². The van der Waals surface area contributed by atoms with E-state index in [4.69, 9.17) is 11.6 Å². The Morgan fingerprint density at radius 1 is 1.21 bits per heavy atom. The Morgan fingerprint density at radius 2 is 2.05 bits per heavy atom. The molecule has 0 amide bonds. The highest BCUT2D eigenvalue weighted by atomic mass is 79.9. The first kappa shape index (κ1) is 12.7. The highest BCUT2D eigenvalue weighted by Crippen LogP contribution is 2.30. The third-order valence-electron chi connectivity index (χ3n) is 3.14. The molecule has 0 aliphatic heterocycles. The van der Waals surface area contributed by atoms with Crippen molar-refractivity contribution in [3.63, 3.8) is 0 Å². The molecule has 1 N–H and O–H groups in total. The van der Waals surface area contributed by atoms with E-state index in [0.29, 0.717) is 5.02 Å². The van der Waals surface area contributed by atoms with Gasteiger partial charge in [0.15, 0.2) is 0 Å². The van der Waals surface area contributed by atoms with Crippen molar-refractivity contribution >= 4 is 38.6 Å². The Hall–Kier alpha value is -1.32. The van der Waals surface area contributed by atoms with Crippen molar-refractivity contribution in [2.24, 2.45) is 0 Å². The predicted octanol–water partition coefficient (Wildman–Crippen LogP) is 5.21. The topological polar surface area (TPSA) is 28.7 Å². The Labute approximate surface area is 124 Å². The first-order valence-corrected chi connectivity index (χ1v) is 7.28. The molecule has 3 aromatic rings. The fourth-order valence-electron chi connectivity index (χ4n) is 2.09. The zero-order chi connectivity index (χ0) is 13.4. The van der Waals surface area contributed by atoms with Crippen molar-refractivity contribution in [1.29, 1.82) is 0 Å². The van der Waals surface area contributed by atoms with Gasteiger partial charge in [-0.25, -0.2) is 4.98 Å². The number of fused-ring (bicyclic) bond motifs is 1. The molecule has 2 aromatic carbocycles. The van der Waals surface area contributed by atoms with Crippen LogP contribution in [0, 0.1) is 0 Å². The quantitative estimate of drug-likeness (QED) is 0.684. The molecule has 2 nitrogen and oxygen atoms in total. The number of halogens is 2. The first-order chi connectivity index (χ1) is 9.17. The minimum Gasteiger partial charge on any atom is -0.338 e. The van der Waals surface area contributed by atoms with E-state index in [1.807, 2.05) is 18.2 Å². The number of benzene rings is 2. The standard InChI is InChI=1S/C15H12BrClN2/c1-2-9-3-6-13-14(7-9)19-15(18-13)11-5-4-10(17)8-12(11)16/h3-8H,2H2,1H3,(H,18,19). The van der Waals surface area contributed by atoms with Gasteiger partial charge in [-0.15, -0.1) is 0 Å². The van der Waals surface area contributed by atoms with Gasteiger partial charge in [-0.05, 0) is 58.2 Å². The molecule has 0 radical (unpaired) electrons. The summed E-state index contributed by atoms with van der Waals surface area (Å²) in [5.41, 5.74) is 4.36. The summed E-state index contributed by atoms with van der Waals surface area (Å²) in [5.74, 6) is 0.854.